The van der Waals surface area contributed by atoms with Crippen molar-refractivity contribution in [2.45, 2.75) is 33.2 Å². The monoisotopic (exact) mass is 267 g/mol. The minimum absolute atomic E-state index is 0.0199. The molecule has 1 aliphatic heterocycles. The molecule has 2 rings (SSSR count). The largest absolute Gasteiger partial charge is 0.481 e. The smallest absolute Gasteiger partial charge is 0.311 e. The summed E-state index contributed by atoms with van der Waals surface area (Å²) >= 11 is 6.00. The zero-order valence-electron chi connectivity index (χ0n) is 10.9. The number of carboxylic acids is 1. The molecule has 18 heavy (non-hydrogen) atoms. The van der Waals surface area contributed by atoms with Gasteiger partial charge in [0.15, 0.2) is 0 Å². The van der Waals surface area contributed by atoms with E-state index in [0.717, 1.165) is 24.2 Å². The van der Waals surface area contributed by atoms with Crippen LogP contribution in [-0.2, 0) is 11.2 Å². The fraction of sp³-hybridized carbons (Fsp3) is 0.500. The van der Waals surface area contributed by atoms with Gasteiger partial charge in [-0.1, -0.05) is 11.6 Å². The van der Waals surface area contributed by atoms with Crippen molar-refractivity contribution in [1.82, 2.24) is 0 Å². The van der Waals surface area contributed by atoms with Crippen LogP contribution in [0.25, 0.3) is 0 Å². The lowest BCUT2D eigenvalue weighted by molar-refractivity contribution is -0.148. The Morgan fingerprint density at radius 3 is 2.78 bits per heavy atom. The molecule has 0 radical (unpaired) electrons. The normalized spacial score (nSPS) is 18.9. The number of nitrogens with zero attached hydrogens (tertiary/aromatic N) is 1. The Morgan fingerprint density at radius 1 is 1.56 bits per heavy atom. The maximum atomic E-state index is 11.4. The molecule has 1 aromatic rings. The van der Waals surface area contributed by atoms with Crippen LogP contribution in [0, 0.1) is 5.41 Å². The van der Waals surface area contributed by atoms with Gasteiger partial charge in [0.25, 0.3) is 0 Å². The van der Waals surface area contributed by atoms with Crippen molar-refractivity contribution in [3.63, 3.8) is 0 Å². The number of hydrogen-bond acceptors (Lipinski definition) is 2. The standard InChI is InChI=1S/C14H18ClNO2/c1-4-16-11-6-5-10(15)7-9(11)8-12(16)14(2,3)13(17)18/h5-7,12H,4,8H2,1-3H3,(H,17,18). The molecule has 1 aliphatic rings. The van der Waals surface area contributed by atoms with E-state index in [1.54, 1.807) is 13.8 Å². The van der Waals surface area contributed by atoms with E-state index in [1.807, 2.05) is 18.2 Å². The summed E-state index contributed by atoms with van der Waals surface area (Å²) in [7, 11) is 0. The third-order valence-corrected chi connectivity index (χ3v) is 4.10. The number of aliphatic carboxylic acids is 1. The molecule has 1 atom stereocenters. The van der Waals surface area contributed by atoms with Gasteiger partial charge in [0, 0.05) is 23.3 Å². The molecule has 98 valence electrons. The van der Waals surface area contributed by atoms with Crippen molar-refractivity contribution in [3.05, 3.63) is 28.8 Å². The molecule has 0 saturated carbocycles. The summed E-state index contributed by atoms with van der Waals surface area (Å²) in [6.45, 7) is 6.43. The molecule has 0 saturated heterocycles. The van der Waals surface area contributed by atoms with Crippen LogP contribution in [0.5, 0.6) is 0 Å². The van der Waals surface area contributed by atoms with Crippen LogP contribution in [0.15, 0.2) is 18.2 Å². The molecule has 0 bridgehead atoms. The van der Waals surface area contributed by atoms with Crippen LogP contribution in [0.3, 0.4) is 0 Å². The highest BCUT2D eigenvalue weighted by Gasteiger charge is 2.44. The van der Waals surface area contributed by atoms with Crippen molar-refractivity contribution < 1.29 is 9.90 Å². The number of rotatable bonds is 3. The lowest BCUT2D eigenvalue weighted by atomic mass is 9.82. The highest BCUT2D eigenvalue weighted by Crippen LogP contribution is 2.40. The van der Waals surface area contributed by atoms with Gasteiger partial charge in [-0.2, -0.15) is 0 Å². The van der Waals surface area contributed by atoms with Crippen LogP contribution in [-0.4, -0.2) is 23.7 Å². The fourth-order valence-electron chi connectivity index (χ4n) is 2.66. The van der Waals surface area contributed by atoms with Gasteiger partial charge >= 0.3 is 5.97 Å². The molecular weight excluding hydrogens is 250 g/mol. The van der Waals surface area contributed by atoms with Gasteiger partial charge in [-0.15, -0.1) is 0 Å². The van der Waals surface area contributed by atoms with E-state index in [2.05, 4.69) is 11.8 Å². The third kappa shape index (κ3) is 1.97. The molecule has 1 N–H and O–H groups in total. The van der Waals surface area contributed by atoms with Gasteiger partial charge in [-0.25, -0.2) is 0 Å². The number of halogens is 1. The number of likely N-dealkylation sites (N-methyl/N-ethyl adjacent to an activating group) is 1. The van der Waals surface area contributed by atoms with Crippen molar-refractivity contribution >= 4 is 23.3 Å². The second-order valence-electron chi connectivity index (χ2n) is 5.31. The zero-order chi connectivity index (χ0) is 13.5. The lowest BCUT2D eigenvalue weighted by Gasteiger charge is -2.35. The summed E-state index contributed by atoms with van der Waals surface area (Å²) in [5.41, 5.74) is 1.48. The van der Waals surface area contributed by atoms with Crippen molar-refractivity contribution in [2.24, 2.45) is 5.41 Å². The van der Waals surface area contributed by atoms with E-state index >= 15 is 0 Å². The first-order chi connectivity index (χ1) is 8.37. The minimum Gasteiger partial charge on any atom is -0.481 e. The Morgan fingerprint density at radius 2 is 2.22 bits per heavy atom. The average molecular weight is 268 g/mol. The Kier molecular flexibility index (Phi) is 3.28. The molecule has 0 spiro atoms. The Hall–Kier alpha value is -1.22. The predicted molar refractivity (Wildman–Crippen MR) is 73.4 cm³/mol. The summed E-state index contributed by atoms with van der Waals surface area (Å²) in [6.07, 6.45) is 0.739. The summed E-state index contributed by atoms with van der Waals surface area (Å²) in [6, 6.07) is 5.77. The van der Waals surface area contributed by atoms with Gasteiger partial charge < -0.3 is 10.0 Å². The van der Waals surface area contributed by atoms with Crippen LogP contribution in [0.1, 0.15) is 26.3 Å². The summed E-state index contributed by atoms with van der Waals surface area (Å²) in [4.78, 5) is 13.6. The number of hydrogen-bond donors (Lipinski definition) is 1. The van der Waals surface area contributed by atoms with Crippen LogP contribution < -0.4 is 4.90 Å². The van der Waals surface area contributed by atoms with Crippen molar-refractivity contribution in [1.29, 1.82) is 0 Å². The highest BCUT2D eigenvalue weighted by atomic mass is 35.5. The van der Waals surface area contributed by atoms with Crippen molar-refractivity contribution in [2.75, 3.05) is 11.4 Å². The minimum atomic E-state index is -0.776. The SMILES string of the molecule is CCN1c2ccc(Cl)cc2CC1C(C)(C)C(=O)O. The van der Waals surface area contributed by atoms with Crippen LogP contribution in [0.4, 0.5) is 5.69 Å². The molecule has 0 fully saturated rings. The first-order valence-corrected chi connectivity index (χ1v) is 6.54. The Balaban J connectivity index is 2.41. The topological polar surface area (TPSA) is 40.5 Å². The van der Waals surface area contributed by atoms with Gasteiger partial charge in [-0.05, 0) is 51.0 Å². The number of carboxylic acid groups (broad SMARTS) is 1. The maximum Gasteiger partial charge on any atom is 0.311 e. The van der Waals surface area contributed by atoms with E-state index < -0.39 is 11.4 Å². The summed E-state index contributed by atoms with van der Waals surface area (Å²) in [5, 5.41) is 10.1. The number of carbonyl (C=O) groups is 1. The van der Waals surface area contributed by atoms with Crippen molar-refractivity contribution in [3.8, 4) is 0 Å². The number of fused-ring (bicyclic) bond motifs is 1. The average Bonchev–Trinajstić information content (AvgIpc) is 2.66. The van der Waals surface area contributed by atoms with E-state index in [9.17, 15) is 9.90 Å². The summed E-state index contributed by atoms with van der Waals surface area (Å²) in [5.74, 6) is -0.759. The zero-order valence-corrected chi connectivity index (χ0v) is 11.7. The molecule has 0 amide bonds. The van der Waals surface area contributed by atoms with Gasteiger partial charge in [0.2, 0.25) is 0 Å². The molecule has 1 heterocycles. The number of benzene rings is 1. The molecule has 3 nitrogen and oxygen atoms in total. The van der Waals surface area contributed by atoms with E-state index in [0.29, 0.717) is 5.02 Å². The quantitative estimate of drug-likeness (QED) is 0.914. The first-order valence-electron chi connectivity index (χ1n) is 6.16. The second-order valence-corrected chi connectivity index (χ2v) is 5.74. The Bertz CT molecular complexity index is 485. The molecule has 0 aliphatic carbocycles. The van der Waals surface area contributed by atoms with E-state index in [4.69, 9.17) is 11.6 Å². The first kappa shape index (κ1) is 13.2. The number of anilines is 1. The highest BCUT2D eigenvalue weighted by molar-refractivity contribution is 6.30. The van der Waals surface area contributed by atoms with Crippen LogP contribution in [0.2, 0.25) is 5.02 Å². The summed E-state index contributed by atoms with van der Waals surface area (Å²) < 4.78 is 0. The molecule has 4 heteroatoms. The van der Waals surface area contributed by atoms with Gasteiger partial charge in [0.1, 0.15) is 0 Å². The lowest BCUT2D eigenvalue weighted by Crippen LogP contribution is -2.47. The maximum absolute atomic E-state index is 11.4. The van der Waals surface area contributed by atoms with E-state index in [1.165, 1.54) is 0 Å². The van der Waals surface area contributed by atoms with Crippen LogP contribution >= 0.6 is 11.6 Å². The second kappa shape index (κ2) is 4.47. The molecule has 1 aromatic carbocycles. The van der Waals surface area contributed by atoms with E-state index in [-0.39, 0.29) is 6.04 Å². The third-order valence-electron chi connectivity index (χ3n) is 3.87. The van der Waals surface area contributed by atoms with Gasteiger partial charge in [0.05, 0.1) is 5.41 Å². The fourth-order valence-corrected chi connectivity index (χ4v) is 2.86. The molecule has 1 unspecified atom stereocenters. The molecule has 0 aromatic heterocycles. The Labute approximate surface area is 112 Å². The predicted octanol–water partition coefficient (Wildman–Crippen LogP) is 3.20. The molecular formula is C14H18ClNO2. The van der Waals surface area contributed by atoms with Gasteiger partial charge in [-0.3, -0.25) is 4.79 Å².